The highest BCUT2D eigenvalue weighted by Crippen LogP contribution is 2.48. The van der Waals surface area contributed by atoms with Gasteiger partial charge in [-0.05, 0) is 138 Å². The highest BCUT2D eigenvalue weighted by atomic mass is 16.3. The maximum atomic E-state index is 12.7. The van der Waals surface area contributed by atoms with Crippen molar-refractivity contribution in [1.82, 2.24) is 14.5 Å². The number of imidazole rings is 1. The molecule has 0 aliphatic heterocycles. The van der Waals surface area contributed by atoms with E-state index in [-0.39, 0.29) is 23.0 Å². The number of para-hydroxylation sites is 1. The molecule has 3 heterocycles. The normalized spacial score (nSPS) is 12.3. The number of phenols is 1. The third kappa shape index (κ3) is 8.29. The average molecular weight is 956 g/mol. The predicted molar refractivity (Wildman–Crippen MR) is 308 cm³/mol. The van der Waals surface area contributed by atoms with Crippen LogP contribution in [0, 0.1) is 0 Å². The predicted octanol–water partition coefficient (Wildman–Crippen LogP) is 19.3. The van der Waals surface area contributed by atoms with Gasteiger partial charge >= 0.3 is 0 Å². The van der Waals surface area contributed by atoms with Crippen LogP contribution in [0.2, 0.25) is 0 Å². The van der Waals surface area contributed by atoms with Gasteiger partial charge in [-0.25, -0.2) is 4.98 Å². The maximum Gasteiger partial charge on any atom is 0.149 e. The monoisotopic (exact) mass is 956 g/mol. The van der Waals surface area contributed by atoms with Gasteiger partial charge < -0.3 is 9.52 Å². The fourth-order valence-electron chi connectivity index (χ4n) is 11.1. The van der Waals surface area contributed by atoms with E-state index >= 15 is 0 Å². The summed E-state index contributed by atoms with van der Waals surface area (Å²) in [6.45, 7) is 25.2. The second kappa shape index (κ2) is 18.4. The van der Waals surface area contributed by atoms with Crippen molar-refractivity contribution in [2.45, 2.75) is 105 Å². The Bertz CT molecular complexity index is 3840. The first-order chi connectivity index (χ1) is 35.1. The van der Waals surface area contributed by atoms with Crippen molar-refractivity contribution in [3.8, 4) is 67.5 Å². The molecule has 8 aromatic carbocycles. The Morgan fingerprint density at radius 1 is 0.493 bits per heavy atom. The number of nitrogens with zero attached hydrogens (tertiary/aromatic N) is 3. The van der Waals surface area contributed by atoms with Gasteiger partial charge in [-0.1, -0.05) is 191 Å². The number of hydrogen-bond donors (Lipinski definition) is 1. The molecule has 0 atom stereocenters. The van der Waals surface area contributed by atoms with Gasteiger partial charge in [0.05, 0.1) is 28.0 Å². The lowest BCUT2D eigenvalue weighted by atomic mass is 9.81. The molecule has 11 aromatic rings. The van der Waals surface area contributed by atoms with Crippen molar-refractivity contribution < 1.29 is 9.52 Å². The molecule has 11 rings (SSSR count). The molecule has 0 aliphatic carbocycles. The summed E-state index contributed by atoms with van der Waals surface area (Å²) in [5, 5.41) is 16.8. The number of hydrogen-bond acceptors (Lipinski definition) is 4. The Balaban J connectivity index is 1.16. The fraction of sp³-hybridized carbons (Fsp3) is 0.235. The highest BCUT2D eigenvalue weighted by Gasteiger charge is 2.29. The summed E-state index contributed by atoms with van der Waals surface area (Å²) in [6, 6.07) is 56.3. The van der Waals surface area contributed by atoms with Gasteiger partial charge in [0.2, 0.25) is 0 Å². The van der Waals surface area contributed by atoms with Crippen molar-refractivity contribution in [1.29, 1.82) is 0 Å². The standard InChI is InChI=1S/C68H65N3O2/c1-39(2)52-33-46(43-20-13-12-14-21-43)34-53(40(3)4)63(52)50-25-18-26-51-49(50)29-30-61-64(51)57-37-60(72)56(38-62(57)73-61)67-70-65-48(44-22-17-23-45(32-44)58-27-15-16-31-69-58)24-19-28-59(65)71(67)66-54(41(5)6)35-47(68(9,10)11)36-55(66)42(7)8/h12-42,72H,1-11H3. The Labute approximate surface area is 430 Å². The summed E-state index contributed by atoms with van der Waals surface area (Å²) in [4.78, 5) is 10.3. The number of rotatable bonds is 10. The van der Waals surface area contributed by atoms with E-state index in [9.17, 15) is 5.11 Å². The number of aromatic hydroxyl groups is 1. The minimum absolute atomic E-state index is 0.0621. The lowest BCUT2D eigenvalue weighted by molar-refractivity contribution is 0.477. The zero-order valence-corrected chi connectivity index (χ0v) is 44.1. The van der Waals surface area contributed by atoms with Crippen LogP contribution in [0.1, 0.15) is 128 Å². The van der Waals surface area contributed by atoms with Crippen LogP contribution in [-0.2, 0) is 5.41 Å². The molecule has 0 radical (unpaired) electrons. The molecule has 5 nitrogen and oxygen atoms in total. The molecule has 364 valence electrons. The number of phenolic OH excluding ortho intramolecular Hbond substituents is 1. The van der Waals surface area contributed by atoms with Crippen molar-refractivity contribution in [2.75, 3.05) is 0 Å². The van der Waals surface area contributed by atoms with E-state index in [1.54, 1.807) is 0 Å². The topological polar surface area (TPSA) is 64.1 Å². The zero-order chi connectivity index (χ0) is 51.0. The van der Waals surface area contributed by atoms with Crippen LogP contribution in [0.3, 0.4) is 0 Å². The molecule has 0 aliphatic rings. The SMILES string of the molecule is CC(C)c1cc(-c2ccccc2)cc(C(C)C)c1-c1cccc2c1ccc1oc3cc(-c4nc5c(-c6cccc(-c7ccccn7)c6)cccc5n4-c4c(C(C)C)cc(C(C)(C)C)cc4C(C)C)c(O)cc3c12. The van der Waals surface area contributed by atoms with Crippen LogP contribution < -0.4 is 0 Å². The Morgan fingerprint density at radius 2 is 1.12 bits per heavy atom. The van der Waals surface area contributed by atoms with Gasteiger partial charge in [0.15, 0.2) is 0 Å². The molecule has 0 saturated heterocycles. The largest absolute Gasteiger partial charge is 0.507 e. The molecule has 5 heteroatoms. The molecular formula is C68H65N3O2. The van der Waals surface area contributed by atoms with Crippen LogP contribution in [0.5, 0.6) is 5.75 Å². The lowest BCUT2D eigenvalue weighted by Crippen LogP contribution is -2.16. The molecule has 0 bridgehead atoms. The minimum atomic E-state index is -0.0621. The van der Waals surface area contributed by atoms with Gasteiger partial charge in [0.1, 0.15) is 22.7 Å². The van der Waals surface area contributed by atoms with Gasteiger partial charge in [-0.15, -0.1) is 0 Å². The van der Waals surface area contributed by atoms with Gasteiger partial charge in [0.25, 0.3) is 0 Å². The molecule has 0 amide bonds. The van der Waals surface area contributed by atoms with Crippen LogP contribution in [-0.4, -0.2) is 19.6 Å². The second-order valence-electron chi connectivity index (χ2n) is 22.3. The molecule has 73 heavy (non-hydrogen) atoms. The van der Waals surface area contributed by atoms with Crippen molar-refractivity contribution in [3.63, 3.8) is 0 Å². The molecule has 0 unspecified atom stereocenters. The minimum Gasteiger partial charge on any atom is -0.507 e. The molecule has 0 spiro atoms. The number of benzene rings is 8. The van der Waals surface area contributed by atoms with Crippen LogP contribution in [0.15, 0.2) is 168 Å². The number of pyridine rings is 1. The first-order valence-electron chi connectivity index (χ1n) is 26.1. The van der Waals surface area contributed by atoms with Crippen LogP contribution in [0.25, 0.3) is 105 Å². The zero-order valence-electron chi connectivity index (χ0n) is 44.1. The van der Waals surface area contributed by atoms with Crippen molar-refractivity contribution in [2.24, 2.45) is 0 Å². The summed E-state index contributed by atoms with van der Waals surface area (Å²) >= 11 is 0. The summed E-state index contributed by atoms with van der Waals surface area (Å²) < 4.78 is 9.23. The van der Waals surface area contributed by atoms with E-state index in [0.29, 0.717) is 28.8 Å². The Hall–Kier alpha value is -7.76. The average Bonchev–Trinajstić information content (AvgIpc) is 3.96. The van der Waals surface area contributed by atoms with E-state index < -0.39 is 0 Å². The van der Waals surface area contributed by atoms with E-state index in [0.717, 1.165) is 66.2 Å². The number of furan rings is 1. The molecule has 3 aromatic heterocycles. The van der Waals surface area contributed by atoms with Gasteiger partial charge in [-0.3, -0.25) is 9.55 Å². The number of aromatic nitrogens is 3. The van der Waals surface area contributed by atoms with Gasteiger partial charge in [0, 0.05) is 28.1 Å². The Morgan fingerprint density at radius 3 is 1.78 bits per heavy atom. The first-order valence-corrected chi connectivity index (χ1v) is 26.1. The van der Waals surface area contributed by atoms with E-state index in [1.165, 1.54) is 50.1 Å². The summed E-state index contributed by atoms with van der Waals surface area (Å²) in [6.07, 6.45) is 1.84. The third-order valence-corrected chi connectivity index (χ3v) is 15.0. The summed E-state index contributed by atoms with van der Waals surface area (Å²) in [5.41, 5.74) is 20.3. The second-order valence-corrected chi connectivity index (χ2v) is 22.3. The third-order valence-electron chi connectivity index (χ3n) is 15.0. The smallest absolute Gasteiger partial charge is 0.149 e. The van der Waals surface area contributed by atoms with Crippen molar-refractivity contribution in [3.05, 3.63) is 192 Å². The highest BCUT2D eigenvalue weighted by molar-refractivity contribution is 6.22. The van der Waals surface area contributed by atoms with Crippen LogP contribution in [0.4, 0.5) is 0 Å². The fourth-order valence-corrected chi connectivity index (χ4v) is 11.1. The molecule has 0 saturated carbocycles. The summed E-state index contributed by atoms with van der Waals surface area (Å²) in [7, 11) is 0. The number of fused-ring (bicyclic) bond motifs is 6. The first kappa shape index (κ1) is 47.6. The molecular weight excluding hydrogens is 891 g/mol. The molecule has 1 N–H and O–H groups in total. The molecule has 0 fully saturated rings. The van der Waals surface area contributed by atoms with Crippen molar-refractivity contribution >= 4 is 43.7 Å². The Kier molecular flexibility index (Phi) is 12.0. The van der Waals surface area contributed by atoms with E-state index in [1.807, 2.05) is 36.5 Å². The summed E-state index contributed by atoms with van der Waals surface area (Å²) in [5.74, 6) is 1.77. The maximum absolute atomic E-state index is 12.7. The lowest BCUT2D eigenvalue weighted by Gasteiger charge is -2.28. The van der Waals surface area contributed by atoms with Crippen LogP contribution >= 0.6 is 0 Å². The van der Waals surface area contributed by atoms with Gasteiger partial charge in [-0.2, -0.15) is 0 Å². The van der Waals surface area contributed by atoms with E-state index in [2.05, 4.69) is 213 Å². The quantitative estimate of drug-likeness (QED) is 0.148. The van der Waals surface area contributed by atoms with E-state index in [4.69, 9.17) is 9.40 Å².